The zero-order chi connectivity index (χ0) is 32.7. The first-order valence-corrected chi connectivity index (χ1v) is 16.7. The Labute approximate surface area is 276 Å². The molecule has 4 aliphatic heterocycles. The van der Waals surface area contributed by atoms with Crippen LogP contribution in [0.2, 0.25) is 0 Å². The number of halogens is 2. The van der Waals surface area contributed by atoms with Crippen molar-refractivity contribution in [3.8, 4) is 41.2 Å². The van der Waals surface area contributed by atoms with Crippen LogP contribution in [0, 0.1) is 29.4 Å². The smallest absolute Gasteiger partial charge is 0.319 e. The standard InChI is InChI=1S/C36H36F2N6O4/c1-3-23-25(37)6-4-20-12-22(45)13-24(28(20)23)31-30(38)32-29-33(44-14-21-5-7-26(39-21)27(44)16-47-34(29)40-31)42-35(41-32)48-18-36(8-9-36)17-43-10-11-46-15-19(43)2/h1,4,6,12-13,19,21,26-27,39,45H,5,7-11,14-18H2,2H3/t19-,21-,26+,27-/m1/s1. The molecule has 2 aromatic heterocycles. The van der Waals surface area contributed by atoms with Gasteiger partial charge in [-0.1, -0.05) is 12.0 Å². The summed E-state index contributed by atoms with van der Waals surface area (Å²) in [7, 11) is 0. The summed E-state index contributed by atoms with van der Waals surface area (Å²) in [6.45, 7) is 6.77. The molecule has 12 heteroatoms. The summed E-state index contributed by atoms with van der Waals surface area (Å²) in [6, 6.07) is 6.35. The van der Waals surface area contributed by atoms with Gasteiger partial charge in [0, 0.05) is 54.1 Å². The minimum Gasteiger partial charge on any atom is -0.508 e. The van der Waals surface area contributed by atoms with Crippen LogP contribution in [0.25, 0.3) is 32.9 Å². The van der Waals surface area contributed by atoms with E-state index in [0.717, 1.165) is 45.4 Å². The molecule has 4 atom stereocenters. The third kappa shape index (κ3) is 4.82. The summed E-state index contributed by atoms with van der Waals surface area (Å²) in [5.74, 6) is 1.57. The molecular weight excluding hydrogens is 618 g/mol. The number of piperazine rings is 1. The Balaban J connectivity index is 1.19. The summed E-state index contributed by atoms with van der Waals surface area (Å²) in [4.78, 5) is 19.0. The normalized spacial score (nSPS) is 25.8. The number of nitrogens with one attached hydrogen (secondary N) is 1. The average molecular weight is 655 g/mol. The Morgan fingerprint density at radius 2 is 2.02 bits per heavy atom. The van der Waals surface area contributed by atoms with Crippen LogP contribution in [0.15, 0.2) is 24.3 Å². The third-order valence-corrected chi connectivity index (χ3v) is 10.9. The molecule has 4 aromatic rings. The molecule has 10 nitrogen and oxygen atoms in total. The van der Waals surface area contributed by atoms with Gasteiger partial charge in [-0.05, 0) is 56.2 Å². The molecule has 1 aliphatic carbocycles. The number of rotatable bonds is 6. The van der Waals surface area contributed by atoms with Gasteiger partial charge in [-0.3, -0.25) is 4.90 Å². The Bertz CT molecular complexity index is 2020. The highest BCUT2D eigenvalue weighted by Crippen LogP contribution is 2.48. The molecule has 6 heterocycles. The number of terminal acetylenes is 1. The van der Waals surface area contributed by atoms with Crippen molar-refractivity contribution >= 4 is 27.5 Å². The highest BCUT2D eigenvalue weighted by Gasteiger charge is 2.47. The lowest BCUT2D eigenvalue weighted by atomic mass is 9.95. The first-order valence-electron chi connectivity index (χ1n) is 16.7. The summed E-state index contributed by atoms with van der Waals surface area (Å²) in [5.41, 5.74) is -0.106. The number of hydrogen-bond donors (Lipinski definition) is 2. The van der Waals surface area contributed by atoms with Crippen LogP contribution in [-0.4, -0.2) is 95.2 Å². The van der Waals surface area contributed by atoms with Gasteiger partial charge in [0.25, 0.3) is 0 Å². The fourth-order valence-electron chi connectivity index (χ4n) is 8.08. The SMILES string of the molecule is C#Cc1c(F)ccc2cc(O)cc(-c3nc4c5c(nc(OCC6(CN7CCOC[C@H]7C)CC6)nc5c3F)N3C[C@H]5CC[C@H](N5)[C@H]3CO4)c12. The molecule has 9 rings (SSSR count). The molecule has 48 heavy (non-hydrogen) atoms. The number of hydrogen-bond acceptors (Lipinski definition) is 10. The van der Waals surface area contributed by atoms with Crippen molar-refractivity contribution in [2.45, 2.75) is 56.8 Å². The zero-order valence-electron chi connectivity index (χ0n) is 26.6. The summed E-state index contributed by atoms with van der Waals surface area (Å²) >= 11 is 0. The van der Waals surface area contributed by atoms with E-state index in [4.69, 9.17) is 30.6 Å². The molecule has 0 amide bonds. The number of fused-ring (bicyclic) bond motifs is 6. The van der Waals surface area contributed by atoms with Gasteiger partial charge < -0.3 is 29.5 Å². The summed E-state index contributed by atoms with van der Waals surface area (Å²) in [5, 5.41) is 15.4. The van der Waals surface area contributed by atoms with Crippen LogP contribution in [-0.2, 0) is 4.74 Å². The Kier molecular flexibility index (Phi) is 6.90. The monoisotopic (exact) mass is 654 g/mol. The number of aromatic nitrogens is 3. The van der Waals surface area contributed by atoms with Crippen molar-refractivity contribution in [2.24, 2.45) is 5.41 Å². The van der Waals surface area contributed by atoms with Crippen LogP contribution in [0.4, 0.5) is 14.6 Å². The molecule has 2 N–H and O–H groups in total. The van der Waals surface area contributed by atoms with Gasteiger partial charge in [-0.15, -0.1) is 6.42 Å². The van der Waals surface area contributed by atoms with E-state index in [1.165, 1.54) is 24.3 Å². The highest BCUT2D eigenvalue weighted by atomic mass is 19.1. The maximum absolute atomic E-state index is 17.1. The fourth-order valence-corrected chi connectivity index (χ4v) is 8.08. The Hall–Kier alpha value is -4.31. The maximum atomic E-state index is 17.1. The second-order valence-corrected chi connectivity index (χ2v) is 14.1. The van der Waals surface area contributed by atoms with Crippen LogP contribution < -0.4 is 19.7 Å². The molecule has 0 spiro atoms. The lowest BCUT2D eigenvalue weighted by Gasteiger charge is -2.40. The van der Waals surface area contributed by atoms with Crippen molar-refractivity contribution in [1.82, 2.24) is 25.2 Å². The lowest BCUT2D eigenvalue weighted by Crippen LogP contribution is -2.60. The number of pyridine rings is 1. The Morgan fingerprint density at radius 3 is 2.83 bits per heavy atom. The molecule has 3 saturated heterocycles. The van der Waals surface area contributed by atoms with Gasteiger partial charge in [0.05, 0.1) is 31.4 Å². The third-order valence-electron chi connectivity index (χ3n) is 10.9. The lowest BCUT2D eigenvalue weighted by molar-refractivity contribution is -0.0134. The van der Waals surface area contributed by atoms with E-state index in [1.54, 1.807) is 0 Å². The molecule has 5 aliphatic rings. The van der Waals surface area contributed by atoms with Gasteiger partial charge in [0.15, 0.2) is 5.82 Å². The highest BCUT2D eigenvalue weighted by molar-refractivity contribution is 6.04. The molecule has 4 fully saturated rings. The summed E-state index contributed by atoms with van der Waals surface area (Å²) < 4.78 is 50.4. The van der Waals surface area contributed by atoms with Crippen molar-refractivity contribution in [3.05, 3.63) is 41.5 Å². The van der Waals surface area contributed by atoms with Crippen LogP contribution in [0.1, 0.15) is 38.2 Å². The fraction of sp³-hybridized carbons (Fsp3) is 0.472. The van der Waals surface area contributed by atoms with E-state index in [2.05, 4.69) is 32.9 Å². The predicted octanol–water partition coefficient (Wildman–Crippen LogP) is 4.39. The van der Waals surface area contributed by atoms with E-state index >= 15 is 4.39 Å². The van der Waals surface area contributed by atoms with Crippen molar-refractivity contribution in [2.75, 3.05) is 51.0 Å². The predicted molar refractivity (Wildman–Crippen MR) is 175 cm³/mol. The number of morpholine rings is 1. The molecule has 0 radical (unpaired) electrons. The number of aromatic hydroxyl groups is 1. The van der Waals surface area contributed by atoms with Crippen LogP contribution in [0.3, 0.4) is 0 Å². The maximum Gasteiger partial charge on any atom is 0.319 e. The largest absolute Gasteiger partial charge is 0.508 e. The minimum absolute atomic E-state index is 0.0108. The number of benzene rings is 2. The van der Waals surface area contributed by atoms with E-state index in [9.17, 15) is 9.50 Å². The van der Waals surface area contributed by atoms with Gasteiger partial charge in [0.2, 0.25) is 5.88 Å². The number of phenols is 1. The van der Waals surface area contributed by atoms with Gasteiger partial charge in [-0.2, -0.15) is 9.97 Å². The van der Waals surface area contributed by atoms with Crippen LogP contribution >= 0.6 is 0 Å². The second-order valence-electron chi connectivity index (χ2n) is 14.1. The Morgan fingerprint density at radius 1 is 1.15 bits per heavy atom. The van der Waals surface area contributed by atoms with E-state index < -0.39 is 11.6 Å². The molecule has 1 saturated carbocycles. The van der Waals surface area contributed by atoms with Gasteiger partial charge >= 0.3 is 6.01 Å². The molecule has 248 valence electrons. The van der Waals surface area contributed by atoms with Crippen LogP contribution in [0.5, 0.6) is 17.6 Å². The number of ether oxygens (including phenoxy) is 3. The van der Waals surface area contributed by atoms with Crippen molar-refractivity contribution in [1.29, 1.82) is 0 Å². The van der Waals surface area contributed by atoms with E-state index in [1.807, 2.05) is 0 Å². The van der Waals surface area contributed by atoms with Crippen molar-refractivity contribution < 1.29 is 28.1 Å². The minimum atomic E-state index is -0.759. The number of phenolic OH excluding ortho intramolecular Hbond substituents is 1. The topological polar surface area (TPSA) is 105 Å². The van der Waals surface area contributed by atoms with E-state index in [0.29, 0.717) is 49.0 Å². The second kappa shape index (κ2) is 11.1. The molecule has 0 unspecified atom stereocenters. The number of nitrogens with zero attached hydrogens (tertiary/aromatic N) is 5. The number of anilines is 1. The first-order chi connectivity index (χ1) is 23.3. The summed E-state index contributed by atoms with van der Waals surface area (Å²) in [6.07, 6.45) is 9.83. The molecule has 2 aromatic carbocycles. The van der Waals surface area contributed by atoms with Gasteiger partial charge in [-0.25, -0.2) is 13.8 Å². The quantitative estimate of drug-likeness (QED) is 0.291. The van der Waals surface area contributed by atoms with Crippen molar-refractivity contribution in [3.63, 3.8) is 0 Å². The van der Waals surface area contributed by atoms with Gasteiger partial charge in [0.1, 0.15) is 40.6 Å². The molecular formula is C36H36F2N6O4. The zero-order valence-corrected chi connectivity index (χ0v) is 26.6. The molecule has 2 bridgehead atoms. The van der Waals surface area contributed by atoms with E-state index in [-0.39, 0.29) is 68.9 Å². The average Bonchev–Trinajstić information content (AvgIpc) is 3.78. The first kappa shape index (κ1) is 29.8.